The standard InChI is InChI=1S/C20H34FNOSi/c1-20(2,3)24(4,5)23-19(12-11-18-10-7-13-22-18)15-16-8-6-9-17(21)14-16/h6,8-9,14,18-19,22H,7,10-13,15H2,1-5H3. The van der Waals surface area contributed by atoms with Crippen LogP contribution in [0.5, 0.6) is 0 Å². The van der Waals surface area contributed by atoms with Gasteiger partial charge in [-0.05, 0) is 74.5 Å². The first kappa shape index (κ1) is 19.6. The van der Waals surface area contributed by atoms with Crippen LogP contribution in [-0.2, 0) is 10.8 Å². The highest BCUT2D eigenvalue weighted by Crippen LogP contribution is 2.38. The Balaban J connectivity index is 2.04. The lowest BCUT2D eigenvalue weighted by Crippen LogP contribution is -2.44. The molecule has 1 aromatic carbocycles. The molecule has 4 heteroatoms. The predicted molar refractivity (Wildman–Crippen MR) is 102 cm³/mol. The molecule has 0 aliphatic carbocycles. The molecule has 1 fully saturated rings. The second-order valence-electron chi connectivity index (χ2n) is 8.70. The summed E-state index contributed by atoms with van der Waals surface area (Å²) in [5.74, 6) is -0.156. The van der Waals surface area contributed by atoms with Crippen LogP contribution in [0.15, 0.2) is 24.3 Å². The molecular weight excluding hydrogens is 317 g/mol. The summed E-state index contributed by atoms with van der Waals surface area (Å²) in [4.78, 5) is 0. The van der Waals surface area contributed by atoms with Gasteiger partial charge in [0.05, 0.1) is 0 Å². The summed E-state index contributed by atoms with van der Waals surface area (Å²) in [6, 6.07) is 7.60. The van der Waals surface area contributed by atoms with Crippen molar-refractivity contribution in [2.75, 3.05) is 6.54 Å². The Bertz CT molecular complexity index is 521. The third-order valence-corrected chi connectivity index (χ3v) is 10.2. The highest BCUT2D eigenvalue weighted by molar-refractivity contribution is 6.74. The summed E-state index contributed by atoms with van der Waals surface area (Å²) in [5, 5.41) is 3.77. The van der Waals surface area contributed by atoms with Crippen LogP contribution in [0.2, 0.25) is 18.1 Å². The molecule has 2 rings (SSSR count). The van der Waals surface area contributed by atoms with Crippen molar-refractivity contribution in [2.45, 2.75) is 83.2 Å². The molecule has 24 heavy (non-hydrogen) atoms. The van der Waals surface area contributed by atoms with Gasteiger partial charge in [0.2, 0.25) is 0 Å². The van der Waals surface area contributed by atoms with E-state index in [4.69, 9.17) is 4.43 Å². The maximum absolute atomic E-state index is 13.5. The van der Waals surface area contributed by atoms with E-state index >= 15 is 0 Å². The van der Waals surface area contributed by atoms with Gasteiger partial charge in [-0.25, -0.2) is 4.39 Å². The fourth-order valence-electron chi connectivity index (χ4n) is 3.11. The maximum Gasteiger partial charge on any atom is 0.192 e. The first-order valence-electron chi connectivity index (χ1n) is 9.33. The molecule has 0 radical (unpaired) electrons. The van der Waals surface area contributed by atoms with Gasteiger partial charge < -0.3 is 9.74 Å². The Morgan fingerprint density at radius 1 is 1.33 bits per heavy atom. The summed E-state index contributed by atoms with van der Waals surface area (Å²) in [6.07, 6.45) is 5.72. The third kappa shape index (κ3) is 5.68. The van der Waals surface area contributed by atoms with E-state index in [0.717, 1.165) is 31.4 Å². The van der Waals surface area contributed by atoms with Gasteiger partial charge in [0, 0.05) is 12.1 Å². The Morgan fingerprint density at radius 3 is 2.67 bits per heavy atom. The van der Waals surface area contributed by atoms with Crippen molar-refractivity contribution in [3.63, 3.8) is 0 Å². The van der Waals surface area contributed by atoms with Gasteiger partial charge in [0.1, 0.15) is 5.82 Å². The zero-order valence-corrected chi connectivity index (χ0v) is 17.0. The van der Waals surface area contributed by atoms with Crippen molar-refractivity contribution in [3.05, 3.63) is 35.6 Å². The lowest BCUT2D eigenvalue weighted by atomic mass is 10.0. The molecule has 1 N–H and O–H groups in total. The molecule has 1 heterocycles. The van der Waals surface area contributed by atoms with Crippen molar-refractivity contribution in [2.24, 2.45) is 0 Å². The van der Waals surface area contributed by atoms with E-state index in [0.29, 0.717) is 6.04 Å². The highest BCUT2D eigenvalue weighted by atomic mass is 28.4. The van der Waals surface area contributed by atoms with Gasteiger partial charge in [-0.3, -0.25) is 0 Å². The SMILES string of the molecule is CC(C)(C)[Si](C)(C)OC(CCC1CCCN1)Cc1cccc(F)c1. The topological polar surface area (TPSA) is 21.3 Å². The molecule has 2 unspecified atom stereocenters. The highest BCUT2D eigenvalue weighted by Gasteiger charge is 2.39. The van der Waals surface area contributed by atoms with Crippen LogP contribution in [0, 0.1) is 5.82 Å². The molecule has 0 bridgehead atoms. The normalized spacial score (nSPS) is 20.3. The lowest BCUT2D eigenvalue weighted by Gasteiger charge is -2.39. The van der Waals surface area contributed by atoms with Crippen molar-refractivity contribution < 1.29 is 8.82 Å². The monoisotopic (exact) mass is 351 g/mol. The molecular formula is C20H34FNOSi. The summed E-state index contributed by atoms with van der Waals surface area (Å²) in [6.45, 7) is 12.6. The lowest BCUT2D eigenvalue weighted by molar-refractivity contribution is 0.164. The van der Waals surface area contributed by atoms with Crippen LogP contribution >= 0.6 is 0 Å². The molecule has 0 aromatic heterocycles. The minimum atomic E-state index is -1.83. The molecule has 0 amide bonds. The van der Waals surface area contributed by atoms with Gasteiger partial charge in [-0.1, -0.05) is 32.9 Å². The quantitative estimate of drug-likeness (QED) is 0.674. The molecule has 1 aliphatic heterocycles. The molecule has 2 nitrogen and oxygen atoms in total. The van der Waals surface area contributed by atoms with Gasteiger partial charge in [-0.15, -0.1) is 0 Å². The largest absolute Gasteiger partial charge is 0.414 e. The summed E-state index contributed by atoms with van der Waals surface area (Å²) < 4.78 is 20.2. The number of benzene rings is 1. The Morgan fingerprint density at radius 2 is 2.08 bits per heavy atom. The van der Waals surface area contributed by atoms with Crippen LogP contribution in [0.3, 0.4) is 0 Å². The number of hydrogen-bond acceptors (Lipinski definition) is 2. The Kier molecular flexibility index (Phi) is 6.63. The van der Waals surface area contributed by atoms with E-state index in [-0.39, 0.29) is 17.0 Å². The second-order valence-corrected chi connectivity index (χ2v) is 13.5. The van der Waals surface area contributed by atoms with E-state index in [2.05, 4.69) is 39.2 Å². The van der Waals surface area contributed by atoms with Gasteiger partial charge in [-0.2, -0.15) is 0 Å². The second kappa shape index (κ2) is 8.11. The van der Waals surface area contributed by atoms with Crippen LogP contribution in [0.25, 0.3) is 0 Å². The van der Waals surface area contributed by atoms with Crippen LogP contribution < -0.4 is 5.32 Å². The fraction of sp³-hybridized carbons (Fsp3) is 0.700. The van der Waals surface area contributed by atoms with Crippen molar-refractivity contribution >= 4 is 8.32 Å². The van der Waals surface area contributed by atoms with Crippen molar-refractivity contribution in [3.8, 4) is 0 Å². The summed E-state index contributed by atoms with van der Waals surface area (Å²) in [7, 11) is -1.83. The molecule has 0 spiro atoms. The Hall–Kier alpha value is -0.713. The van der Waals surface area contributed by atoms with E-state index in [1.165, 1.54) is 18.9 Å². The first-order chi connectivity index (χ1) is 11.2. The number of nitrogens with one attached hydrogen (secondary N) is 1. The van der Waals surface area contributed by atoms with Crippen LogP contribution in [-0.4, -0.2) is 27.0 Å². The van der Waals surface area contributed by atoms with E-state index < -0.39 is 8.32 Å². The maximum atomic E-state index is 13.5. The number of hydrogen-bond donors (Lipinski definition) is 1. The van der Waals surface area contributed by atoms with E-state index in [1.807, 2.05) is 6.07 Å². The zero-order valence-electron chi connectivity index (χ0n) is 16.0. The minimum absolute atomic E-state index is 0.156. The molecule has 2 atom stereocenters. The number of rotatable bonds is 7. The molecule has 1 saturated heterocycles. The first-order valence-corrected chi connectivity index (χ1v) is 12.2. The van der Waals surface area contributed by atoms with Crippen molar-refractivity contribution in [1.29, 1.82) is 0 Å². The summed E-state index contributed by atoms with van der Waals surface area (Å²) in [5.41, 5.74) is 1.04. The average molecular weight is 352 g/mol. The average Bonchev–Trinajstić information content (AvgIpc) is 2.96. The minimum Gasteiger partial charge on any atom is -0.414 e. The molecule has 0 saturated carbocycles. The zero-order chi connectivity index (χ0) is 17.8. The third-order valence-electron chi connectivity index (χ3n) is 5.62. The van der Waals surface area contributed by atoms with E-state index in [9.17, 15) is 4.39 Å². The number of halogens is 1. The van der Waals surface area contributed by atoms with Gasteiger partial charge in [0.25, 0.3) is 0 Å². The molecule has 1 aliphatic rings. The molecule has 1 aromatic rings. The Labute approximate surface area is 148 Å². The predicted octanol–water partition coefficient (Wildman–Crippen LogP) is 5.29. The van der Waals surface area contributed by atoms with E-state index in [1.54, 1.807) is 12.1 Å². The molecule has 136 valence electrons. The van der Waals surface area contributed by atoms with Gasteiger partial charge in [0.15, 0.2) is 8.32 Å². The fourth-order valence-corrected chi connectivity index (χ4v) is 4.50. The van der Waals surface area contributed by atoms with Crippen LogP contribution in [0.4, 0.5) is 4.39 Å². The smallest absolute Gasteiger partial charge is 0.192 e. The summed E-state index contributed by atoms with van der Waals surface area (Å²) >= 11 is 0. The van der Waals surface area contributed by atoms with Gasteiger partial charge >= 0.3 is 0 Å². The van der Waals surface area contributed by atoms with Crippen molar-refractivity contribution in [1.82, 2.24) is 5.32 Å². The van der Waals surface area contributed by atoms with Crippen LogP contribution in [0.1, 0.15) is 52.0 Å².